The Balaban J connectivity index is 1.46. The van der Waals surface area contributed by atoms with Crippen molar-refractivity contribution in [1.82, 2.24) is 24.6 Å². The molecule has 0 aliphatic heterocycles. The number of carbonyl (C=O) groups is 1. The number of carbonyl (C=O) groups excluding carboxylic acids is 1. The summed E-state index contributed by atoms with van der Waals surface area (Å²) in [5.41, 5.74) is 3.64. The molecule has 0 spiro atoms. The lowest BCUT2D eigenvalue weighted by molar-refractivity contribution is -0.114. The van der Waals surface area contributed by atoms with E-state index < -0.39 is 0 Å². The Hall–Kier alpha value is -3.33. The van der Waals surface area contributed by atoms with Gasteiger partial charge in [0.05, 0.1) is 5.69 Å². The predicted molar refractivity (Wildman–Crippen MR) is 116 cm³/mol. The molecular weight excluding hydrogens is 398 g/mol. The van der Waals surface area contributed by atoms with Crippen molar-refractivity contribution in [1.29, 1.82) is 0 Å². The van der Waals surface area contributed by atoms with Gasteiger partial charge in [-0.25, -0.2) is 9.97 Å². The van der Waals surface area contributed by atoms with Gasteiger partial charge in [-0.2, -0.15) is 5.10 Å². The smallest absolute Gasteiger partial charge is 0.221 e. The molecule has 1 amide bonds. The lowest BCUT2D eigenvalue weighted by Gasteiger charge is -2.09. The Morgan fingerprint density at radius 3 is 2.90 bits per heavy atom. The fourth-order valence-corrected chi connectivity index (χ4v) is 4.18. The van der Waals surface area contributed by atoms with Crippen LogP contribution in [0.5, 0.6) is 0 Å². The lowest BCUT2D eigenvalue weighted by Crippen LogP contribution is -2.05. The number of fused-ring (bicyclic) bond motifs is 1. The Kier molecular flexibility index (Phi) is 4.66. The number of nitrogens with zero attached hydrogens (tertiary/aromatic N) is 4. The summed E-state index contributed by atoms with van der Waals surface area (Å²) in [6.07, 6.45) is 4.38. The van der Waals surface area contributed by atoms with E-state index in [-0.39, 0.29) is 5.91 Å². The average molecular weight is 420 g/mol. The maximum Gasteiger partial charge on any atom is 0.221 e. The Morgan fingerprint density at radius 1 is 1.23 bits per heavy atom. The van der Waals surface area contributed by atoms with Gasteiger partial charge in [-0.1, -0.05) is 17.8 Å². The van der Waals surface area contributed by atoms with Crippen LogP contribution in [0.25, 0.3) is 5.65 Å². The number of imidazole rings is 1. The summed E-state index contributed by atoms with van der Waals surface area (Å²) in [7, 11) is 0. The molecule has 9 heteroatoms. The maximum absolute atomic E-state index is 11.3. The molecule has 30 heavy (non-hydrogen) atoms. The Labute approximate surface area is 177 Å². The first-order chi connectivity index (χ1) is 14.5. The van der Waals surface area contributed by atoms with Crippen molar-refractivity contribution in [3.63, 3.8) is 0 Å². The average Bonchev–Trinajstić information content (AvgIpc) is 3.31. The highest BCUT2D eigenvalue weighted by Gasteiger charge is 2.25. The number of hydrogen-bond acceptors (Lipinski definition) is 6. The number of aromatic nitrogens is 5. The molecule has 4 aromatic rings. The molecule has 0 saturated heterocycles. The van der Waals surface area contributed by atoms with Crippen LogP contribution in [0.4, 0.5) is 17.5 Å². The SMILES string of the molecule is CC(=O)Nc1cccc(Sc2cc3nc(C)cn3c(Nc3cc(C4CC4)[nH]n3)n2)c1. The lowest BCUT2D eigenvalue weighted by atomic mass is 10.3. The first-order valence-corrected chi connectivity index (χ1v) is 10.6. The van der Waals surface area contributed by atoms with Crippen molar-refractivity contribution in [2.45, 2.75) is 42.5 Å². The predicted octanol–water partition coefficient (Wildman–Crippen LogP) is 4.49. The van der Waals surface area contributed by atoms with Crippen LogP contribution in [-0.2, 0) is 4.79 Å². The summed E-state index contributed by atoms with van der Waals surface area (Å²) in [6, 6.07) is 11.7. The number of aryl methyl sites for hydroxylation is 1. The van der Waals surface area contributed by atoms with Crippen molar-refractivity contribution in [3.8, 4) is 0 Å². The van der Waals surface area contributed by atoms with E-state index in [2.05, 4.69) is 25.8 Å². The molecule has 1 fully saturated rings. The highest BCUT2D eigenvalue weighted by Crippen LogP contribution is 2.39. The highest BCUT2D eigenvalue weighted by atomic mass is 32.2. The molecule has 0 atom stereocenters. The molecule has 1 aliphatic carbocycles. The standard InChI is InChI=1S/C21H21N7OS/c1-12-11-28-19(22-12)10-20(30-16-5-3-4-15(8-16)23-13(2)29)25-21(28)24-18-9-17(26-27-18)14-6-7-14/h3-5,8-11,14H,6-7H2,1-2H3,(H,23,29)(H2,24,25,26,27). The zero-order chi connectivity index (χ0) is 20.7. The molecular formula is C21H21N7OS. The molecule has 3 heterocycles. The largest absolute Gasteiger partial charge is 0.326 e. The number of benzene rings is 1. The molecule has 152 valence electrons. The third-order valence-corrected chi connectivity index (χ3v) is 5.69. The minimum absolute atomic E-state index is 0.0967. The van der Waals surface area contributed by atoms with Gasteiger partial charge < -0.3 is 10.6 Å². The van der Waals surface area contributed by atoms with Crippen LogP contribution < -0.4 is 10.6 Å². The van der Waals surface area contributed by atoms with E-state index in [4.69, 9.17) is 4.98 Å². The van der Waals surface area contributed by atoms with Gasteiger partial charge in [0.2, 0.25) is 11.9 Å². The van der Waals surface area contributed by atoms with E-state index in [0.717, 1.165) is 38.5 Å². The monoisotopic (exact) mass is 419 g/mol. The molecule has 0 unspecified atom stereocenters. The Morgan fingerprint density at radius 2 is 2.10 bits per heavy atom. The van der Waals surface area contributed by atoms with Crippen molar-refractivity contribution in [2.24, 2.45) is 0 Å². The second-order valence-corrected chi connectivity index (χ2v) is 8.54. The fraction of sp³-hybridized carbons (Fsp3) is 0.238. The van der Waals surface area contributed by atoms with Gasteiger partial charge in [-0.3, -0.25) is 14.3 Å². The van der Waals surface area contributed by atoms with Gasteiger partial charge >= 0.3 is 0 Å². The number of anilines is 3. The minimum atomic E-state index is -0.0967. The van der Waals surface area contributed by atoms with Gasteiger partial charge in [-0.05, 0) is 38.0 Å². The molecule has 3 N–H and O–H groups in total. The van der Waals surface area contributed by atoms with E-state index >= 15 is 0 Å². The summed E-state index contributed by atoms with van der Waals surface area (Å²) in [5, 5.41) is 14.4. The topological polar surface area (TPSA) is 100 Å². The summed E-state index contributed by atoms with van der Waals surface area (Å²) in [5.74, 6) is 1.91. The number of amides is 1. The number of hydrogen-bond donors (Lipinski definition) is 3. The molecule has 8 nitrogen and oxygen atoms in total. The first-order valence-electron chi connectivity index (χ1n) is 9.78. The van der Waals surface area contributed by atoms with Crippen LogP contribution in [0, 0.1) is 6.92 Å². The molecule has 0 bridgehead atoms. The molecule has 1 aliphatic rings. The van der Waals surface area contributed by atoms with Crippen LogP contribution in [-0.4, -0.2) is 30.5 Å². The van der Waals surface area contributed by atoms with Crippen molar-refractivity contribution in [2.75, 3.05) is 10.6 Å². The van der Waals surface area contributed by atoms with Crippen LogP contribution in [0.15, 0.2) is 52.5 Å². The third-order valence-electron chi connectivity index (χ3n) is 4.78. The molecule has 5 rings (SSSR count). The maximum atomic E-state index is 11.3. The summed E-state index contributed by atoms with van der Waals surface area (Å²) in [6.45, 7) is 3.46. The van der Waals surface area contributed by atoms with Crippen LogP contribution in [0.1, 0.15) is 37.1 Å². The highest BCUT2D eigenvalue weighted by molar-refractivity contribution is 7.99. The summed E-state index contributed by atoms with van der Waals surface area (Å²) in [4.78, 5) is 21.7. The van der Waals surface area contributed by atoms with Gasteiger partial charge in [0, 0.05) is 47.4 Å². The molecule has 0 radical (unpaired) electrons. The van der Waals surface area contributed by atoms with Crippen molar-refractivity contribution >= 4 is 40.8 Å². The quantitative estimate of drug-likeness (QED) is 0.398. The molecule has 1 aromatic carbocycles. The van der Waals surface area contributed by atoms with Crippen molar-refractivity contribution in [3.05, 3.63) is 54.0 Å². The number of H-pyrrole nitrogens is 1. The fourth-order valence-electron chi connectivity index (χ4n) is 3.31. The third kappa shape index (κ3) is 4.02. The van der Waals surface area contributed by atoms with Gasteiger partial charge in [0.1, 0.15) is 10.7 Å². The first kappa shape index (κ1) is 18.7. The van der Waals surface area contributed by atoms with E-state index in [0.29, 0.717) is 11.9 Å². The van der Waals surface area contributed by atoms with Crippen molar-refractivity contribution < 1.29 is 4.79 Å². The second-order valence-electron chi connectivity index (χ2n) is 7.45. The van der Waals surface area contributed by atoms with E-state index in [1.54, 1.807) is 0 Å². The van der Waals surface area contributed by atoms with Crippen LogP contribution >= 0.6 is 11.8 Å². The summed E-state index contributed by atoms with van der Waals surface area (Å²) < 4.78 is 1.93. The molecule has 1 saturated carbocycles. The Bertz CT molecular complexity index is 1240. The number of rotatable bonds is 6. The molecule has 3 aromatic heterocycles. The van der Waals surface area contributed by atoms with E-state index in [1.807, 2.05) is 53.9 Å². The van der Waals surface area contributed by atoms with Gasteiger partial charge in [-0.15, -0.1) is 0 Å². The second kappa shape index (κ2) is 7.49. The van der Waals surface area contributed by atoms with E-state index in [1.165, 1.54) is 31.5 Å². The zero-order valence-corrected chi connectivity index (χ0v) is 17.5. The van der Waals surface area contributed by atoms with Gasteiger partial charge in [0.25, 0.3) is 0 Å². The number of nitrogens with one attached hydrogen (secondary N) is 3. The van der Waals surface area contributed by atoms with E-state index in [9.17, 15) is 4.79 Å². The normalized spacial score (nSPS) is 13.5. The number of aromatic amines is 1. The zero-order valence-electron chi connectivity index (χ0n) is 16.6. The van der Waals surface area contributed by atoms with Gasteiger partial charge in [0.15, 0.2) is 5.82 Å². The summed E-state index contributed by atoms with van der Waals surface area (Å²) >= 11 is 1.51. The van der Waals surface area contributed by atoms with Crippen LogP contribution in [0.2, 0.25) is 0 Å². The van der Waals surface area contributed by atoms with Crippen LogP contribution in [0.3, 0.4) is 0 Å². The minimum Gasteiger partial charge on any atom is -0.326 e.